The molecule has 2 heteroatoms. The van der Waals surface area contributed by atoms with Gasteiger partial charge in [-0.3, -0.25) is 0 Å². The Morgan fingerprint density at radius 3 is 2.07 bits per heavy atom. The van der Waals surface area contributed by atoms with E-state index in [0.29, 0.717) is 12.7 Å². The van der Waals surface area contributed by atoms with Crippen LogP contribution in [0.2, 0.25) is 0 Å². The van der Waals surface area contributed by atoms with E-state index in [9.17, 15) is 0 Å². The van der Waals surface area contributed by atoms with Crippen molar-refractivity contribution in [2.24, 2.45) is 0 Å². The molecule has 2 rings (SSSR count). The lowest BCUT2D eigenvalue weighted by atomic mass is 10.0. The number of ether oxygens (including phenoxy) is 2. The van der Waals surface area contributed by atoms with Crippen LogP contribution in [-0.2, 0) is 11.2 Å². The number of epoxide rings is 1. The maximum absolute atomic E-state index is 5.91. The summed E-state index contributed by atoms with van der Waals surface area (Å²) in [6, 6.07) is 8.49. The molecule has 164 valence electrons. The van der Waals surface area contributed by atoms with Crippen LogP contribution in [0.25, 0.3) is 0 Å². The number of hydrogen-bond acceptors (Lipinski definition) is 2. The molecule has 1 aromatic rings. The van der Waals surface area contributed by atoms with Gasteiger partial charge in [-0.2, -0.15) is 0 Å². The van der Waals surface area contributed by atoms with Crippen molar-refractivity contribution in [2.45, 2.75) is 109 Å². The lowest BCUT2D eigenvalue weighted by Gasteiger charge is -2.10. The Morgan fingerprint density at radius 1 is 0.828 bits per heavy atom. The largest absolute Gasteiger partial charge is 0.491 e. The highest BCUT2D eigenvalue weighted by atomic mass is 16.6. The summed E-state index contributed by atoms with van der Waals surface area (Å²) >= 11 is 0. The second-order valence-corrected chi connectivity index (χ2v) is 8.56. The number of allylic oxidation sites excluding steroid dienone is 2. The second kappa shape index (κ2) is 16.5. The first-order valence-corrected chi connectivity index (χ1v) is 12.4. The number of aryl methyl sites for hydroxylation is 1. The van der Waals surface area contributed by atoms with Crippen molar-refractivity contribution in [3.63, 3.8) is 0 Å². The van der Waals surface area contributed by atoms with Gasteiger partial charge in [0.15, 0.2) is 0 Å². The Labute approximate surface area is 180 Å². The van der Waals surface area contributed by atoms with E-state index in [0.717, 1.165) is 18.8 Å². The van der Waals surface area contributed by atoms with E-state index in [1.165, 1.54) is 95.5 Å². The van der Waals surface area contributed by atoms with Crippen molar-refractivity contribution in [2.75, 3.05) is 13.2 Å². The molecule has 1 saturated heterocycles. The molecule has 0 bridgehead atoms. The molecule has 0 saturated carbocycles. The van der Waals surface area contributed by atoms with E-state index >= 15 is 0 Å². The lowest BCUT2D eigenvalue weighted by molar-refractivity contribution is 0.261. The van der Waals surface area contributed by atoms with Crippen LogP contribution in [0.5, 0.6) is 5.75 Å². The van der Waals surface area contributed by atoms with Crippen molar-refractivity contribution in [1.82, 2.24) is 0 Å². The first kappa shape index (κ1) is 24.0. The topological polar surface area (TPSA) is 21.8 Å². The standard InChI is InChI=1S/C27H44O2/c1-2-3-4-5-6-7-8-9-10-11-12-13-14-15-16-17-20-25-21-18-19-22-27(25)29-24-26-23-28-26/h8-9,18-19,21-22,26H,2-7,10-17,20,23-24H2,1H3/b9-8+. The molecule has 0 aromatic heterocycles. The van der Waals surface area contributed by atoms with Crippen LogP contribution in [0, 0.1) is 0 Å². The van der Waals surface area contributed by atoms with Crippen molar-refractivity contribution < 1.29 is 9.47 Å². The minimum absolute atomic E-state index is 0.328. The van der Waals surface area contributed by atoms with Gasteiger partial charge in [0, 0.05) is 0 Å². The summed E-state index contributed by atoms with van der Waals surface area (Å²) in [6.07, 6.45) is 25.3. The molecule has 1 heterocycles. The van der Waals surface area contributed by atoms with Crippen LogP contribution >= 0.6 is 0 Å². The van der Waals surface area contributed by atoms with Crippen molar-refractivity contribution in [3.8, 4) is 5.75 Å². The maximum atomic E-state index is 5.91. The zero-order valence-electron chi connectivity index (χ0n) is 18.9. The highest BCUT2D eigenvalue weighted by molar-refractivity contribution is 5.33. The predicted octanol–water partition coefficient (Wildman–Crippen LogP) is 8.04. The second-order valence-electron chi connectivity index (χ2n) is 8.56. The molecule has 0 spiro atoms. The fourth-order valence-corrected chi connectivity index (χ4v) is 3.76. The third-order valence-corrected chi connectivity index (χ3v) is 5.76. The van der Waals surface area contributed by atoms with Crippen LogP contribution in [0.3, 0.4) is 0 Å². The van der Waals surface area contributed by atoms with E-state index in [1.807, 2.05) is 0 Å². The molecular formula is C27H44O2. The zero-order chi connectivity index (χ0) is 20.4. The average molecular weight is 401 g/mol. The molecular weight excluding hydrogens is 356 g/mol. The van der Waals surface area contributed by atoms with Gasteiger partial charge < -0.3 is 9.47 Å². The van der Waals surface area contributed by atoms with Gasteiger partial charge in [-0.15, -0.1) is 0 Å². The average Bonchev–Trinajstić information content (AvgIpc) is 3.57. The normalized spacial score (nSPS) is 15.8. The molecule has 1 unspecified atom stereocenters. The maximum Gasteiger partial charge on any atom is 0.122 e. The van der Waals surface area contributed by atoms with Gasteiger partial charge in [-0.25, -0.2) is 0 Å². The SMILES string of the molecule is CCCCCCC/C=C/CCCCCCCCCc1ccccc1OCC1CO1. The number of para-hydroxylation sites is 1. The Hall–Kier alpha value is -1.28. The number of benzene rings is 1. The molecule has 0 radical (unpaired) electrons. The van der Waals surface area contributed by atoms with Gasteiger partial charge in [0.05, 0.1) is 6.61 Å². The molecule has 0 aliphatic carbocycles. The fraction of sp³-hybridized carbons (Fsp3) is 0.704. The minimum Gasteiger partial charge on any atom is -0.491 e. The first-order valence-electron chi connectivity index (χ1n) is 12.4. The molecule has 0 N–H and O–H groups in total. The van der Waals surface area contributed by atoms with Crippen LogP contribution < -0.4 is 4.74 Å². The van der Waals surface area contributed by atoms with E-state index in [4.69, 9.17) is 9.47 Å². The zero-order valence-corrected chi connectivity index (χ0v) is 18.9. The minimum atomic E-state index is 0.328. The van der Waals surface area contributed by atoms with Gasteiger partial charge in [-0.05, 0) is 50.2 Å². The van der Waals surface area contributed by atoms with E-state index in [1.54, 1.807) is 0 Å². The Kier molecular flexibility index (Phi) is 13.7. The van der Waals surface area contributed by atoms with Gasteiger partial charge in [0.2, 0.25) is 0 Å². The highest BCUT2D eigenvalue weighted by Gasteiger charge is 2.23. The Morgan fingerprint density at radius 2 is 1.41 bits per heavy atom. The summed E-state index contributed by atoms with van der Waals surface area (Å²) < 4.78 is 11.1. The van der Waals surface area contributed by atoms with Crippen molar-refractivity contribution in [3.05, 3.63) is 42.0 Å². The van der Waals surface area contributed by atoms with Crippen molar-refractivity contribution in [1.29, 1.82) is 0 Å². The highest BCUT2D eigenvalue weighted by Crippen LogP contribution is 2.22. The van der Waals surface area contributed by atoms with Gasteiger partial charge in [-0.1, -0.05) is 95.1 Å². The molecule has 1 aliphatic heterocycles. The Bertz CT molecular complexity index is 533. The van der Waals surface area contributed by atoms with Crippen LogP contribution in [0.15, 0.2) is 36.4 Å². The molecule has 1 atom stereocenters. The number of hydrogen-bond donors (Lipinski definition) is 0. The molecule has 1 aliphatic rings. The summed E-state index contributed by atoms with van der Waals surface area (Å²) in [5, 5.41) is 0. The van der Waals surface area contributed by atoms with E-state index in [2.05, 4.69) is 43.3 Å². The summed E-state index contributed by atoms with van der Waals surface area (Å²) in [5.41, 5.74) is 1.35. The summed E-state index contributed by atoms with van der Waals surface area (Å²) in [4.78, 5) is 0. The molecule has 1 fully saturated rings. The first-order chi connectivity index (χ1) is 14.4. The van der Waals surface area contributed by atoms with Crippen LogP contribution in [0.4, 0.5) is 0 Å². The molecule has 1 aromatic carbocycles. The summed E-state index contributed by atoms with van der Waals surface area (Å²) in [6.45, 7) is 3.84. The van der Waals surface area contributed by atoms with Gasteiger partial charge in [0.25, 0.3) is 0 Å². The van der Waals surface area contributed by atoms with Gasteiger partial charge >= 0.3 is 0 Å². The van der Waals surface area contributed by atoms with Crippen molar-refractivity contribution >= 4 is 0 Å². The monoisotopic (exact) mass is 400 g/mol. The quantitative estimate of drug-likeness (QED) is 0.133. The fourth-order valence-electron chi connectivity index (χ4n) is 3.76. The van der Waals surface area contributed by atoms with Crippen LogP contribution in [0.1, 0.15) is 102 Å². The van der Waals surface area contributed by atoms with Crippen LogP contribution in [-0.4, -0.2) is 19.3 Å². The third kappa shape index (κ3) is 12.8. The van der Waals surface area contributed by atoms with E-state index in [-0.39, 0.29) is 0 Å². The molecule has 29 heavy (non-hydrogen) atoms. The molecule has 0 amide bonds. The Balaban J connectivity index is 1.37. The summed E-state index contributed by atoms with van der Waals surface area (Å²) in [5.74, 6) is 1.05. The summed E-state index contributed by atoms with van der Waals surface area (Å²) in [7, 11) is 0. The van der Waals surface area contributed by atoms with Gasteiger partial charge in [0.1, 0.15) is 18.5 Å². The van der Waals surface area contributed by atoms with E-state index < -0.39 is 0 Å². The third-order valence-electron chi connectivity index (χ3n) is 5.76. The number of rotatable bonds is 19. The smallest absolute Gasteiger partial charge is 0.122 e. The lowest BCUT2D eigenvalue weighted by Crippen LogP contribution is -2.05. The predicted molar refractivity (Wildman–Crippen MR) is 125 cm³/mol. The number of unbranched alkanes of at least 4 members (excludes halogenated alkanes) is 12. The molecule has 2 nitrogen and oxygen atoms in total.